The number of nitrogens with one attached hydrogen (secondary N) is 1. The SMILES string of the molecule is CC(C)CNC(C)c1nnnn1CCCC(F)(F)F. The van der Waals surface area contributed by atoms with E-state index < -0.39 is 12.6 Å². The highest BCUT2D eigenvalue weighted by Gasteiger charge is 2.26. The second-order valence-corrected chi connectivity index (χ2v) is 5.00. The molecule has 1 N–H and O–H groups in total. The van der Waals surface area contributed by atoms with Crippen molar-refractivity contribution in [2.75, 3.05) is 6.54 Å². The molecule has 0 fully saturated rings. The topological polar surface area (TPSA) is 55.6 Å². The molecule has 1 rings (SSSR count). The van der Waals surface area contributed by atoms with Crippen LogP contribution in [0.4, 0.5) is 13.2 Å². The number of halogens is 3. The molecule has 110 valence electrons. The van der Waals surface area contributed by atoms with E-state index in [2.05, 4.69) is 34.7 Å². The predicted octanol–water partition coefficient (Wildman–Crippen LogP) is 2.32. The Hall–Kier alpha value is -1.18. The summed E-state index contributed by atoms with van der Waals surface area (Å²) in [6, 6.07) is -0.0803. The van der Waals surface area contributed by atoms with Gasteiger partial charge in [-0.1, -0.05) is 13.8 Å². The van der Waals surface area contributed by atoms with E-state index in [9.17, 15) is 13.2 Å². The second kappa shape index (κ2) is 6.83. The van der Waals surface area contributed by atoms with E-state index in [0.717, 1.165) is 6.54 Å². The van der Waals surface area contributed by atoms with E-state index in [1.54, 1.807) is 0 Å². The van der Waals surface area contributed by atoms with Crippen molar-refractivity contribution in [1.82, 2.24) is 25.5 Å². The van der Waals surface area contributed by atoms with E-state index in [-0.39, 0.29) is 19.0 Å². The lowest BCUT2D eigenvalue weighted by atomic mass is 10.2. The van der Waals surface area contributed by atoms with Gasteiger partial charge in [-0.25, -0.2) is 4.68 Å². The highest BCUT2D eigenvalue weighted by molar-refractivity contribution is 4.89. The summed E-state index contributed by atoms with van der Waals surface area (Å²) >= 11 is 0. The number of hydrogen-bond donors (Lipinski definition) is 1. The lowest BCUT2D eigenvalue weighted by Crippen LogP contribution is -2.26. The van der Waals surface area contributed by atoms with Crippen molar-refractivity contribution in [3.05, 3.63) is 5.82 Å². The number of tetrazole rings is 1. The van der Waals surface area contributed by atoms with Crippen molar-refractivity contribution in [1.29, 1.82) is 0 Å². The van der Waals surface area contributed by atoms with Crippen molar-refractivity contribution >= 4 is 0 Å². The molecule has 5 nitrogen and oxygen atoms in total. The number of rotatable bonds is 7. The van der Waals surface area contributed by atoms with Gasteiger partial charge in [0, 0.05) is 13.0 Å². The molecule has 0 aliphatic rings. The van der Waals surface area contributed by atoms with Gasteiger partial charge in [-0.3, -0.25) is 0 Å². The van der Waals surface area contributed by atoms with Crippen LogP contribution in [0.15, 0.2) is 0 Å². The summed E-state index contributed by atoms with van der Waals surface area (Å²) in [6.07, 6.45) is -4.96. The normalized spacial score (nSPS) is 14.1. The Morgan fingerprint density at radius 1 is 1.26 bits per heavy atom. The zero-order valence-electron chi connectivity index (χ0n) is 11.4. The Bertz CT molecular complexity index is 375. The zero-order chi connectivity index (χ0) is 14.5. The largest absolute Gasteiger partial charge is 0.389 e. The van der Waals surface area contributed by atoms with Gasteiger partial charge < -0.3 is 5.32 Å². The maximum atomic E-state index is 12.1. The highest BCUT2D eigenvalue weighted by Crippen LogP contribution is 2.21. The molecule has 0 saturated heterocycles. The summed E-state index contributed by atoms with van der Waals surface area (Å²) in [4.78, 5) is 0. The molecule has 0 aliphatic heterocycles. The number of alkyl halides is 3. The van der Waals surface area contributed by atoms with Gasteiger partial charge >= 0.3 is 6.18 Å². The van der Waals surface area contributed by atoms with E-state index >= 15 is 0 Å². The van der Waals surface area contributed by atoms with Crippen LogP contribution in [0.25, 0.3) is 0 Å². The molecule has 1 unspecified atom stereocenters. The molecule has 1 aromatic heterocycles. The van der Waals surface area contributed by atoms with Gasteiger partial charge in [0.1, 0.15) is 0 Å². The summed E-state index contributed by atoms with van der Waals surface area (Å²) in [5.74, 6) is 1.06. The van der Waals surface area contributed by atoms with Gasteiger partial charge in [-0.05, 0) is 36.2 Å². The summed E-state index contributed by atoms with van der Waals surface area (Å²) < 4.78 is 37.7. The van der Waals surface area contributed by atoms with Gasteiger partial charge in [0.2, 0.25) is 0 Å². The van der Waals surface area contributed by atoms with Crippen LogP contribution in [0.3, 0.4) is 0 Å². The Morgan fingerprint density at radius 2 is 1.95 bits per heavy atom. The third kappa shape index (κ3) is 6.00. The molecule has 1 aromatic rings. The first-order valence-electron chi connectivity index (χ1n) is 6.36. The van der Waals surface area contributed by atoms with Crippen LogP contribution in [0.1, 0.15) is 45.5 Å². The van der Waals surface area contributed by atoms with Gasteiger partial charge in [0.25, 0.3) is 0 Å². The minimum Gasteiger partial charge on any atom is -0.307 e. The molecular formula is C11H20F3N5. The van der Waals surface area contributed by atoms with Crippen molar-refractivity contribution in [2.45, 2.75) is 52.4 Å². The van der Waals surface area contributed by atoms with E-state index in [0.29, 0.717) is 11.7 Å². The first kappa shape index (κ1) is 15.9. The van der Waals surface area contributed by atoms with Crippen LogP contribution in [0.2, 0.25) is 0 Å². The monoisotopic (exact) mass is 279 g/mol. The Morgan fingerprint density at radius 3 is 2.53 bits per heavy atom. The van der Waals surface area contributed by atoms with Crippen molar-refractivity contribution in [3.63, 3.8) is 0 Å². The molecule has 1 atom stereocenters. The van der Waals surface area contributed by atoms with Crippen LogP contribution in [0, 0.1) is 5.92 Å². The fourth-order valence-corrected chi connectivity index (χ4v) is 1.61. The fraction of sp³-hybridized carbons (Fsp3) is 0.909. The average molecular weight is 279 g/mol. The molecule has 0 saturated carbocycles. The van der Waals surface area contributed by atoms with Crippen LogP contribution in [0.5, 0.6) is 0 Å². The smallest absolute Gasteiger partial charge is 0.307 e. The molecule has 0 radical (unpaired) electrons. The van der Waals surface area contributed by atoms with Gasteiger partial charge in [0.05, 0.1) is 6.04 Å². The van der Waals surface area contributed by atoms with Crippen LogP contribution >= 0.6 is 0 Å². The molecule has 0 spiro atoms. The molecule has 0 aromatic carbocycles. The van der Waals surface area contributed by atoms with Gasteiger partial charge in [-0.15, -0.1) is 5.10 Å². The maximum Gasteiger partial charge on any atom is 0.389 e. The van der Waals surface area contributed by atoms with Crippen molar-refractivity contribution in [3.8, 4) is 0 Å². The van der Waals surface area contributed by atoms with Crippen LogP contribution in [-0.2, 0) is 6.54 Å². The van der Waals surface area contributed by atoms with E-state index in [1.165, 1.54) is 4.68 Å². The molecular weight excluding hydrogens is 259 g/mol. The third-order valence-corrected chi connectivity index (χ3v) is 2.61. The Balaban J connectivity index is 2.50. The number of aryl methyl sites for hydroxylation is 1. The minimum atomic E-state index is -4.13. The molecule has 0 bridgehead atoms. The first-order chi connectivity index (χ1) is 8.79. The minimum absolute atomic E-state index is 0.0154. The highest BCUT2D eigenvalue weighted by atomic mass is 19.4. The first-order valence-corrected chi connectivity index (χ1v) is 6.36. The fourth-order valence-electron chi connectivity index (χ4n) is 1.61. The average Bonchev–Trinajstić information content (AvgIpc) is 2.72. The van der Waals surface area contributed by atoms with Crippen LogP contribution in [-0.4, -0.2) is 32.9 Å². The summed E-state index contributed by atoms with van der Waals surface area (Å²) in [5, 5.41) is 14.4. The number of nitrogens with zero attached hydrogens (tertiary/aromatic N) is 4. The molecule has 19 heavy (non-hydrogen) atoms. The van der Waals surface area contributed by atoms with E-state index in [4.69, 9.17) is 0 Å². The van der Waals surface area contributed by atoms with Crippen LogP contribution < -0.4 is 5.32 Å². The standard InChI is InChI=1S/C11H20F3N5/c1-8(2)7-15-9(3)10-16-17-18-19(10)6-4-5-11(12,13)14/h8-9,15H,4-7H2,1-3H3. The van der Waals surface area contributed by atoms with Crippen molar-refractivity contribution < 1.29 is 13.2 Å². The molecule has 0 aliphatic carbocycles. The Kier molecular flexibility index (Phi) is 5.71. The summed E-state index contributed by atoms with van der Waals surface area (Å²) in [6.45, 7) is 7.03. The van der Waals surface area contributed by atoms with Gasteiger partial charge in [-0.2, -0.15) is 13.2 Å². The predicted molar refractivity (Wildman–Crippen MR) is 64.4 cm³/mol. The number of aromatic nitrogens is 4. The summed E-state index contributed by atoms with van der Waals surface area (Å²) in [5.41, 5.74) is 0. The van der Waals surface area contributed by atoms with E-state index in [1.807, 2.05) is 6.92 Å². The lowest BCUT2D eigenvalue weighted by Gasteiger charge is -2.15. The summed E-state index contributed by atoms with van der Waals surface area (Å²) in [7, 11) is 0. The quantitative estimate of drug-likeness (QED) is 0.832. The zero-order valence-corrected chi connectivity index (χ0v) is 11.4. The number of hydrogen-bond acceptors (Lipinski definition) is 4. The molecule has 8 heteroatoms. The van der Waals surface area contributed by atoms with Crippen molar-refractivity contribution in [2.24, 2.45) is 5.92 Å². The van der Waals surface area contributed by atoms with Gasteiger partial charge in [0.15, 0.2) is 5.82 Å². The maximum absolute atomic E-state index is 12.1. The Labute approximate surface area is 110 Å². The molecule has 0 amide bonds. The second-order valence-electron chi connectivity index (χ2n) is 5.00. The lowest BCUT2D eigenvalue weighted by molar-refractivity contribution is -0.136. The third-order valence-electron chi connectivity index (χ3n) is 2.61. The molecule has 1 heterocycles.